The monoisotopic (exact) mass is 302 g/mol. The highest BCUT2D eigenvalue weighted by molar-refractivity contribution is 5.81. The highest BCUT2D eigenvalue weighted by Gasteiger charge is 2.25. The van der Waals surface area contributed by atoms with Crippen LogP contribution in [0, 0.1) is 0 Å². The van der Waals surface area contributed by atoms with Crippen molar-refractivity contribution < 1.29 is 4.79 Å². The zero-order chi connectivity index (χ0) is 15.4. The van der Waals surface area contributed by atoms with Gasteiger partial charge in [0.05, 0.1) is 12.6 Å². The Labute approximate surface area is 132 Å². The molecule has 1 aromatic heterocycles. The maximum atomic E-state index is 12.3. The molecule has 1 amide bonds. The maximum absolute atomic E-state index is 12.3. The van der Waals surface area contributed by atoms with E-state index in [2.05, 4.69) is 25.8 Å². The second kappa shape index (κ2) is 7.09. The SMILES string of the molecule is C[C@@H](C(=O)NCCC1=CCCCC1)N1CCn2ccnc2C1. The van der Waals surface area contributed by atoms with Gasteiger partial charge < -0.3 is 9.88 Å². The maximum Gasteiger partial charge on any atom is 0.237 e. The molecule has 2 heterocycles. The number of carbonyl (C=O) groups excluding carboxylic acids is 1. The third kappa shape index (κ3) is 3.58. The minimum absolute atomic E-state index is 0.0919. The third-order valence-electron chi connectivity index (χ3n) is 4.83. The lowest BCUT2D eigenvalue weighted by Crippen LogP contribution is -2.48. The van der Waals surface area contributed by atoms with Crippen LogP contribution in [0.5, 0.6) is 0 Å². The van der Waals surface area contributed by atoms with Gasteiger partial charge in [0.2, 0.25) is 5.91 Å². The molecule has 0 aromatic carbocycles. The minimum atomic E-state index is -0.0919. The number of fused-ring (bicyclic) bond motifs is 1. The lowest BCUT2D eigenvalue weighted by atomic mass is 9.97. The molecule has 0 fully saturated rings. The van der Waals surface area contributed by atoms with Crippen LogP contribution in [0.4, 0.5) is 0 Å². The summed E-state index contributed by atoms with van der Waals surface area (Å²) in [6, 6.07) is -0.0919. The van der Waals surface area contributed by atoms with Crippen LogP contribution in [0.2, 0.25) is 0 Å². The molecule has 5 heteroatoms. The average molecular weight is 302 g/mol. The smallest absolute Gasteiger partial charge is 0.237 e. The number of hydrogen-bond donors (Lipinski definition) is 1. The molecular formula is C17H26N4O. The number of nitrogens with zero attached hydrogens (tertiary/aromatic N) is 3. The van der Waals surface area contributed by atoms with Crippen LogP contribution in [-0.4, -0.2) is 39.5 Å². The second-order valence-electron chi connectivity index (χ2n) is 6.33. The fourth-order valence-electron chi connectivity index (χ4n) is 3.31. The van der Waals surface area contributed by atoms with Crippen molar-refractivity contribution in [1.29, 1.82) is 0 Å². The van der Waals surface area contributed by atoms with Crippen LogP contribution < -0.4 is 5.32 Å². The number of carbonyl (C=O) groups is 1. The first-order valence-corrected chi connectivity index (χ1v) is 8.44. The van der Waals surface area contributed by atoms with Gasteiger partial charge in [0.25, 0.3) is 0 Å². The molecule has 3 rings (SSSR count). The Kier molecular flexibility index (Phi) is 4.93. The van der Waals surface area contributed by atoms with Crippen molar-refractivity contribution in [3.63, 3.8) is 0 Å². The largest absolute Gasteiger partial charge is 0.354 e. The minimum Gasteiger partial charge on any atom is -0.354 e. The molecule has 1 aliphatic carbocycles. The van der Waals surface area contributed by atoms with Crippen LogP contribution in [0.25, 0.3) is 0 Å². The van der Waals surface area contributed by atoms with Crippen molar-refractivity contribution in [2.45, 2.75) is 58.2 Å². The molecule has 1 atom stereocenters. The van der Waals surface area contributed by atoms with Gasteiger partial charge in [-0.3, -0.25) is 9.69 Å². The Hall–Kier alpha value is -1.62. The Morgan fingerprint density at radius 2 is 2.32 bits per heavy atom. The molecule has 120 valence electrons. The van der Waals surface area contributed by atoms with Gasteiger partial charge >= 0.3 is 0 Å². The summed E-state index contributed by atoms with van der Waals surface area (Å²) in [5.41, 5.74) is 1.51. The fraction of sp³-hybridized carbons (Fsp3) is 0.647. The average Bonchev–Trinajstić information content (AvgIpc) is 3.02. The number of allylic oxidation sites excluding steroid dienone is 1. The Bertz CT molecular complexity index is 549. The van der Waals surface area contributed by atoms with E-state index in [1.807, 2.05) is 19.3 Å². The van der Waals surface area contributed by atoms with Crippen LogP contribution in [-0.2, 0) is 17.9 Å². The first kappa shape index (κ1) is 15.3. The van der Waals surface area contributed by atoms with Gasteiger partial charge in [-0.2, -0.15) is 0 Å². The Balaban J connectivity index is 1.45. The molecule has 1 aliphatic heterocycles. The van der Waals surface area contributed by atoms with E-state index in [9.17, 15) is 4.79 Å². The molecule has 22 heavy (non-hydrogen) atoms. The summed E-state index contributed by atoms with van der Waals surface area (Å²) < 4.78 is 2.16. The zero-order valence-corrected chi connectivity index (χ0v) is 13.4. The summed E-state index contributed by atoms with van der Waals surface area (Å²) in [6.07, 6.45) is 12.2. The number of imidazole rings is 1. The topological polar surface area (TPSA) is 50.2 Å². The number of aromatic nitrogens is 2. The van der Waals surface area contributed by atoms with E-state index in [0.29, 0.717) is 0 Å². The highest BCUT2D eigenvalue weighted by atomic mass is 16.2. The molecular weight excluding hydrogens is 276 g/mol. The van der Waals surface area contributed by atoms with Crippen LogP contribution in [0.1, 0.15) is 44.9 Å². The summed E-state index contributed by atoms with van der Waals surface area (Å²) in [5.74, 6) is 1.19. The third-order valence-corrected chi connectivity index (χ3v) is 4.83. The summed E-state index contributed by atoms with van der Waals surface area (Å²) in [6.45, 7) is 5.33. The van der Waals surface area contributed by atoms with E-state index in [1.165, 1.54) is 31.3 Å². The van der Waals surface area contributed by atoms with E-state index < -0.39 is 0 Å². The van der Waals surface area contributed by atoms with Crippen molar-refractivity contribution in [3.8, 4) is 0 Å². The first-order valence-electron chi connectivity index (χ1n) is 8.44. The number of hydrogen-bond acceptors (Lipinski definition) is 3. The molecule has 0 radical (unpaired) electrons. The molecule has 1 aromatic rings. The van der Waals surface area contributed by atoms with Crippen molar-refractivity contribution in [2.75, 3.05) is 13.1 Å². The van der Waals surface area contributed by atoms with E-state index in [1.54, 1.807) is 0 Å². The van der Waals surface area contributed by atoms with Gasteiger partial charge in [-0.1, -0.05) is 11.6 Å². The van der Waals surface area contributed by atoms with Gasteiger partial charge in [-0.15, -0.1) is 0 Å². The van der Waals surface area contributed by atoms with Crippen LogP contribution in [0.15, 0.2) is 24.0 Å². The quantitative estimate of drug-likeness (QED) is 0.847. The second-order valence-corrected chi connectivity index (χ2v) is 6.33. The van der Waals surface area contributed by atoms with E-state index in [4.69, 9.17) is 0 Å². The first-order chi connectivity index (χ1) is 10.7. The lowest BCUT2D eigenvalue weighted by molar-refractivity contribution is -0.126. The van der Waals surface area contributed by atoms with Gasteiger partial charge in [0.1, 0.15) is 5.82 Å². The van der Waals surface area contributed by atoms with Crippen molar-refractivity contribution in [1.82, 2.24) is 19.8 Å². The molecule has 0 saturated heterocycles. The Morgan fingerprint density at radius 1 is 1.41 bits per heavy atom. The predicted molar refractivity (Wildman–Crippen MR) is 86.3 cm³/mol. The van der Waals surface area contributed by atoms with Gasteiger partial charge in [-0.05, 0) is 39.0 Å². The number of nitrogens with one attached hydrogen (secondary N) is 1. The molecule has 2 aliphatic rings. The number of amides is 1. The standard InChI is InChI=1S/C17H26N4O/c1-14(21-12-11-20-10-9-18-16(20)13-21)17(22)19-8-7-15-5-3-2-4-6-15/h5,9-10,14H,2-4,6-8,11-13H2,1H3,(H,19,22)/t14-/m0/s1. The van der Waals surface area contributed by atoms with E-state index in [-0.39, 0.29) is 11.9 Å². The van der Waals surface area contributed by atoms with Crippen LogP contribution in [0.3, 0.4) is 0 Å². The molecule has 0 spiro atoms. The number of rotatable bonds is 5. The molecule has 1 N–H and O–H groups in total. The predicted octanol–water partition coefficient (Wildman–Crippen LogP) is 2.09. The van der Waals surface area contributed by atoms with E-state index in [0.717, 1.165) is 38.4 Å². The molecule has 0 unspecified atom stereocenters. The summed E-state index contributed by atoms with van der Waals surface area (Å²) in [4.78, 5) is 18.9. The van der Waals surface area contributed by atoms with Gasteiger partial charge in [0.15, 0.2) is 0 Å². The fourth-order valence-corrected chi connectivity index (χ4v) is 3.31. The Morgan fingerprint density at radius 3 is 3.14 bits per heavy atom. The van der Waals surface area contributed by atoms with Crippen LogP contribution >= 0.6 is 0 Å². The highest BCUT2D eigenvalue weighted by Crippen LogP contribution is 2.19. The van der Waals surface area contributed by atoms with Crippen molar-refractivity contribution in [3.05, 3.63) is 29.9 Å². The van der Waals surface area contributed by atoms with Crippen molar-refractivity contribution >= 4 is 5.91 Å². The lowest BCUT2D eigenvalue weighted by Gasteiger charge is -2.31. The molecule has 0 saturated carbocycles. The summed E-state index contributed by atoms with van der Waals surface area (Å²) >= 11 is 0. The zero-order valence-electron chi connectivity index (χ0n) is 13.4. The van der Waals surface area contributed by atoms with Gasteiger partial charge in [-0.25, -0.2) is 4.98 Å². The van der Waals surface area contributed by atoms with Gasteiger partial charge in [0, 0.05) is 32.0 Å². The van der Waals surface area contributed by atoms with Crippen molar-refractivity contribution in [2.24, 2.45) is 0 Å². The normalized spacial score (nSPS) is 20.1. The van der Waals surface area contributed by atoms with E-state index >= 15 is 0 Å². The summed E-state index contributed by atoms with van der Waals surface area (Å²) in [7, 11) is 0. The molecule has 5 nitrogen and oxygen atoms in total. The molecule has 0 bridgehead atoms. The summed E-state index contributed by atoms with van der Waals surface area (Å²) in [5, 5.41) is 3.10.